The molecule has 4 rings (SSSR count). The van der Waals surface area contributed by atoms with Crippen LogP contribution in [-0.2, 0) is 6.42 Å². The van der Waals surface area contributed by atoms with Crippen molar-refractivity contribution < 1.29 is 23.4 Å². The molecule has 0 radical (unpaired) electrons. The smallest absolute Gasteiger partial charge is 0.251 e. The van der Waals surface area contributed by atoms with Crippen LogP contribution in [0.1, 0.15) is 16.2 Å². The topological polar surface area (TPSA) is 95.7 Å². The molecule has 3 aromatic rings. The predicted molar refractivity (Wildman–Crippen MR) is 94.9 cm³/mol. The Balaban J connectivity index is 1.36. The highest BCUT2D eigenvalue weighted by Crippen LogP contribution is 2.32. The van der Waals surface area contributed by atoms with Crippen molar-refractivity contribution in [2.45, 2.75) is 6.42 Å². The summed E-state index contributed by atoms with van der Waals surface area (Å²) in [6.45, 7) is 0.535. The number of rotatable bonds is 6. The van der Waals surface area contributed by atoms with Gasteiger partial charge in [0, 0.05) is 18.5 Å². The van der Waals surface area contributed by atoms with Crippen molar-refractivity contribution in [3.63, 3.8) is 0 Å². The number of carbonyl (C=O) groups is 1. The number of nitrogens with one attached hydrogen (secondary N) is 1. The molecule has 1 aliphatic heterocycles. The standard InChI is InChI=1S/C19H17N3O5/c1-24-14-5-3-2-4-13(14)19-22-21-17(27-19)8-9-20-18(23)12-6-7-15-16(10-12)26-11-25-15/h2-7,10H,8-9,11H2,1H3,(H,20,23). The lowest BCUT2D eigenvalue weighted by molar-refractivity contribution is 0.0953. The Labute approximate surface area is 155 Å². The highest BCUT2D eigenvalue weighted by molar-refractivity contribution is 5.94. The molecule has 2 aromatic carbocycles. The van der Waals surface area contributed by atoms with E-state index in [-0.39, 0.29) is 12.7 Å². The predicted octanol–water partition coefficient (Wildman–Crippen LogP) is 2.45. The molecular weight excluding hydrogens is 350 g/mol. The van der Waals surface area contributed by atoms with E-state index < -0.39 is 0 Å². The summed E-state index contributed by atoms with van der Waals surface area (Å²) in [5.41, 5.74) is 1.22. The van der Waals surface area contributed by atoms with Crippen LogP contribution in [0, 0.1) is 0 Å². The van der Waals surface area contributed by atoms with Gasteiger partial charge in [0.05, 0.1) is 12.7 Å². The Morgan fingerprint density at radius 1 is 1.15 bits per heavy atom. The van der Waals surface area contributed by atoms with E-state index in [1.54, 1.807) is 25.3 Å². The average molecular weight is 367 g/mol. The zero-order valence-electron chi connectivity index (χ0n) is 14.6. The molecule has 2 heterocycles. The fourth-order valence-electron chi connectivity index (χ4n) is 2.71. The van der Waals surface area contributed by atoms with E-state index >= 15 is 0 Å². The SMILES string of the molecule is COc1ccccc1-c1nnc(CCNC(=O)c2ccc3c(c2)OCO3)o1. The number of benzene rings is 2. The molecule has 0 atom stereocenters. The number of para-hydroxylation sites is 1. The summed E-state index contributed by atoms with van der Waals surface area (Å²) in [6.07, 6.45) is 0.415. The van der Waals surface area contributed by atoms with Crippen molar-refractivity contribution in [2.75, 3.05) is 20.4 Å². The molecule has 0 aliphatic carbocycles. The summed E-state index contributed by atoms with van der Waals surface area (Å²) in [6, 6.07) is 12.5. The molecular formula is C19H17N3O5. The number of methoxy groups -OCH3 is 1. The summed E-state index contributed by atoms with van der Waals surface area (Å²) in [5.74, 6) is 2.47. The van der Waals surface area contributed by atoms with Crippen molar-refractivity contribution in [3.8, 4) is 28.7 Å². The number of nitrogens with zero attached hydrogens (tertiary/aromatic N) is 2. The molecule has 1 N–H and O–H groups in total. The fourth-order valence-corrected chi connectivity index (χ4v) is 2.71. The maximum atomic E-state index is 12.3. The second-order valence-electron chi connectivity index (χ2n) is 5.78. The Morgan fingerprint density at radius 2 is 2.00 bits per heavy atom. The van der Waals surface area contributed by atoms with Gasteiger partial charge < -0.3 is 23.9 Å². The van der Waals surface area contributed by atoms with Crippen molar-refractivity contribution in [2.24, 2.45) is 0 Å². The quantitative estimate of drug-likeness (QED) is 0.715. The molecule has 8 nitrogen and oxygen atoms in total. The van der Waals surface area contributed by atoms with Crippen molar-refractivity contribution in [1.82, 2.24) is 15.5 Å². The van der Waals surface area contributed by atoms with Gasteiger partial charge in [-0.3, -0.25) is 4.79 Å². The Kier molecular flexibility index (Phi) is 4.61. The van der Waals surface area contributed by atoms with Gasteiger partial charge in [0.25, 0.3) is 11.8 Å². The van der Waals surface area contributed by atoms with Gasteiger partial charge in [0.1, 0.15) is 5.75 Å². The van der Waals surface area contributed by atoms with E-state index in [4.69, 9.17) is 18.6 Å². The maximum absolute atomic E-state index is 12.3. The first kappa shape index (κ1) is 16.9. The van der Waals surface area contributed by atoms with Gasteiger partial charge >= 0.3 is 0 Å². The lowest BCUT2D eigenvalue weighted by Crippen LogP contribution is -2.25. The van der Waals surface area contributed by atoms with Crippen LogP contribution in [0.2, 0.25) is 0 Å². The van der Waals surface area contributed by atoms with Gasteiger partial charge in [0.15, 0.2) is 11.5 Å². The van der Waals surface area contributed by atoms with Gasteiger partial charge in [-0.25, -0.2) is 0 Å². The van der Waals surface area contributed by atoms with E-state index in [9.17, 15) is 4.79 Å². The molecule has 27 heavy (non-hydrogen) atoms. The van der Waals surface area contributed by atoms with Gasteiger partial charge in [-0.05, 0) is 30.3 Å². The van der Waals surface area contributed by atoms with Crippen LogP contribution in [0.5, 0.6) is 17.2 Å². The zero-order chi connectivity index (χ0) is 18.6. The van der Waals surface area contributed by atoms with Crippen LogP contribution in [0.3, 0.4) is 0 Å². The first-order chi connectivity index (χ1) is 13.2. The lowest BCUT2D eigenvalue weighted by Gasteiger charge is -2.05. The third kappa shape index (κ3) is 3.55. The molecule has 0 saturated carbocycles. The van der Waals surface area contributed by atoms with E-state index in [2.05, 4.69) is 15.5 Å². The summed E-state index contributed by atoms with van der Waals surface area (Å²) < 4.78 is 21.5. The number of carbonyl (C=O) groups excluding carboxylic acids is 1. The normalized spacial score (nSPS) is 12.0. The highest BCUT2D eigenvalue weighted by Gasteiger charge is 2.17. The third-order valence-corrected chi connectivity index (χ3v) is 4.06. The average Bonchev–Trinajstić information content (AvgIpc) is 3.36. The van der Waals surface area contributed by atoms with Crippen molar-refractivity contribution in [1.29, 1.82) is 0 Å². The molecule has 1 aromatic heterocycles. The maximum Gasteiger partial charge on any atom is 0.251 e. The Hall–Kier alpha value is -3.55. The summed E-state index contributed by atoms with van der Waals surface area (Å²) in [7, 11) is 1.59. The molecule has 138 valence electrons. The Bertz CT molecular complexity index is 969. The van der Waals surface area contributed by atoms with Crippen molar-refractivity contribution in [3.05, 3.63) is 53.9 Å². The number of hydrogen-bond acceptors (Lipinski definition) is 7. The van der Waals surface area contributed by atoms with Crippen LogP contribution in [0.25, 0.3) is 11.5 Å². The minimum absolute atomic E-state index is 0.173. The Morgan fingerprint density at radius 3 is 2.89 bits per heavy atom. The van der Waals surface area contributed by atoms with Crippen LogP contribution in [0.4, 0.5) is 0 Å². The monoisotopic (exact) mass is 367 g/mol. The number of amides is 1. The van der Waals surface area contributed by atoms with E-state index in [1.807, 2.05) is 24.3 Å². The number of aromatic nitrogens is 2. The minimum Gasteiger partial charge on any atom is -0.496 e. The molecule has 0 fully saturated rings. The molecule has 0 unspecified atom stereocenters. The van der Waals surface area contributed by atoms with E-state index in [0.717, 1.165) is 5.56 Å². The molecule has 1 aliphatic rings. The van der Waals surface area contributed by atoms with Crippen LogP contribution < -0.4 is 19.5 Å². The lowest BCUT2D eigenvalue weighted by atomic mass is 10.2. The van der Waals surface area contributed by atoms with Gasteiger partial charge in [0.2, 0.25) is 12.7 Å². The number of ether oxygens (including phenoxy) is 3. The fraction of sp³-hybridized carbons (Fsp3) is 0.211. The summed E-state index contributed by atoms with van der Waals surface area (Å²) in [4.78, 5) is 12.3. The van der Waals surface area contributed by atoms with Crippen LogP contribution in [0.15, 0.2) is 46.9 Å². The first-order valence-corrected chi connectivity index (χ1v) is 8.38. The summed E-state index contributed by atoms with van der Waals surface area (Å²) >= 11 is 0. The largest absolute Gasteiger partial charge is 0.496 e. The highest BCUT2D eigenvalue weighted by atomic mass is 16.7. The number of hydrogen-bond donors (Lipinski definition) is 1. The third-order valence-electron chi connectivity index (χ3n) is 4.06. The molecule has 1 amide bonds. The molecule has 0 spiro atoms. The molecule has 0 bridgehead atoms. The van der Waals surface area contributed by atoms with Crippen molar-refractivity contribution >= 4 is 5.91 Å². The second kappa shape index (κ2) is 7.36. The van der Waals surface area contributed by atoms with Gasteiger partial charge in [-0.1, -0.05) is 12.1 Å². The second-order valence-corrected chi connectivity index (χ2v) is 5.78. The summed E-state index contributed by atoms with van der Waals surface area (Å²) in [5, 5.41) is 10.9. The first-order valence-electron chi connectivity index (χ1n) is 8.38. The molecule has 8 heteroatoms. The zero-order valence-corrected chi connectivity index (χ0v) is 14.6. The van der Waals surface area contributed by atoms with Crippen LogP contribution in [-0.4, -0.2) is 36.6 Å². The molecule has 0 saturated heterocycles. The van der Waals surface area contributed by atoms with E-state index in [0.29, 0.717) is 47.6 Å². The minimum atomic E-state index is -0.210. The van der Waals surface area contributed by atoms with Gasteiger partial charge in [-0.2, -0.15) is 0 Å². The van der Waals surface area contributed by atoms with Crippen LogP contribution >= 0.6 is 0 Å². The van der Waals surface area contributed by atoms with E-state index in [1.165, 1.54) is 0 Å². The number of fused-ring (bicyclic) bond motifs is 1. The van der Waals surface area contributed by atoms with Gasteiger partial charge in [-0.15, -0.1) is 10.2 Å².